The Hall–Kier alpha value is -1.91. The summed E-state index contributed by atoms with van der Waals surface area (Å²) in [4.78, 5) is 27.3. The van der Waals surface area contributed by atoms with Crippen LogP contribution in [0, 0.1) is 44.8 Å². The minimum Gasteiger partial charge on any atom is -0.481 e. The van der Waals surface area contributed by atoms with E-state index in [4.69, 9.17) is 4.52 Å². The molecule has 37 heavy (non-hydrogen) atoms. The molecule has 0 aromatic carbocycles. The number of carbonyl (C=O) groups is 2. The molecule has 1 heterocycles. The van der Waals surface area contributed by atoms with Crippen LogP contribution in [-0.4, -0.2) is 22.0 Å². The topological polar surface area (TPSA) is 80.4 Å². The van der Waals surface area contributed by atoms with Crippen LogP contribution in [0.25, 0.3) is 0 Å². The van der Waals surface area contributed by atoms with E-state index in [1.807, 2.05) is 12.3 Å². The van der Waals surface area contributed by atoms with Gasteiger partial charge in [-0.2, -0.15) is 0 Å². The van der Waals surface area contributed by atoms with Gasteiger partial charge in [0.25, 0.3) is 0 Å². The van der Waals surface area contributed by atoms with Crippen molar-refractivity contribution in [1.82, 2.24) is 5.16 Å². The number of hydrogen-bond acceptors (Lipinski definition) is 4. The zero-order valence-corrected chi connectivity index (χ0v) is 23.9. The first-order valence-corrected chi connectivity index (χ1v) is 14.6. The van der Waals surface area contributed by atoms with Gasteiger partial charge in [-0.1, -0.05) is 59.2 Å². The van der Waals surface area contributed by atoms with Gasteiger partial charge in [-0.15, -0.1) is 0 Å². The van der Waals surface area contributed by atoms with E-state index in [1.54, 1.807) is 0 Å². The number of carbonyl (C=O) groups excluding carboxylic acids is 1. The van der Waals surface area contributed by atoms with E-state index in [-0.39, 0.29) is 44.7 Å². The highest BCUT2D eigenvalue weighted by atomic mass is 16.5. The Morgan fingerprint density at radius 2 is 1.78 bits per heavy atom. The first-order valence-electron chi connectivity index (χ1n) is 14.6. The minimum absolute atomic E-state index is 0.0632. The summed E-state index contributed by atoms with van der Waals surface area (Å²) in [5, 5.41) is 14.8. The van der Waals surface area contributed by atoms with Crippen LogP contribution in [0.15, 0.2) is 22.4 Å². The van der Waals surface area contributed by atoms with Gasteiger partial charge in [0.15, 0.2) is 5.78 Å². The lowest BCUT2D eigenvalue weighted by molar-refractivity contribution is -0.189. The van der Waals surface area contributed by atoms with Crippen molar-refractivity contribution in [2.45, 2.75) is 112 Å². The SMILES string of the molecule is CC[C@]1(C)c2oncc2C[C@]2(C)C3=CC(=O)[C@@H]4[C@@H]5CC(C)(C)CC[C@]5(C(=O)O)CC[C@@]4(C)[C@]3(C)CC[C@H]21. The molecular weight excluding hydrogens is 462 g/mol. The van der Waals surface area contributed by atoms with Crippen molar-refractivity contribution in [3.05, 3.63) is 29.2 Å². The summed E-state index contributed by atoms with van der Waals surface area (Å²) in [6.45, 7) is 16.3. The van der Waals surface area contributed by atoms with Gasteiger partial charge in [-0.3, -0.25) is 9.59 Å². The number of carboxylic acids is 1. The summed E-state index contributed by atoms with van der Waals surface area (Å²) in [5.41, 5.74) is 1.19. The molecule has 202 valence electrons. The molecule has 3 saturated carbocycles. The van der Waals surface area contributed by atoms with E-state index in [2.05, 4.69) is 53.6 Å². The summed E-state index contributed by atoms with van der Waals surface area (Å²) in [5.74, 6) is 0.619. The number of ketones is 1. The number of nitrogens with zero attached hydrogens (tertiary/aromatic N) is 1. The molecule has 8 atom stereocenters. The standard InChI is InChI=1S/C32H45NO4/c1-8-28(4)22-9-10-30(6)23(29(22,5)16-19-18-33-37-25(19)28)15-21(34)24-20-17-27(2,3)11-13-32(20,26(35)36)14-12-31(24,30)7/h15,18,20,22,24H,8-14,16-17H2,1-7H3,(H,35,36)/t20-,22-,24-,28-,29-,30+,31+,32-/m0/s1. The second kappa shape index (κ2) is 7.39. The number of hydrogen-bond donors (Lipinski definition) is 1. The van der Waals surface area contributed by atoms with Crippen molar-refractivity contribution in [3.63, 3.8) is 0 Å². The highest BCUT2D eigenvalue weighted by Crippen LogP contribution is 2.75. The molecule has 0 amide bonds. The predicted molar refractivity (Wildman–Crippen MR) is 142 cm³/mol. The molecule has 1 aromatic heterocycles. The lowest BCUT2D eigenvalue weighted by Gasteiger charge is -2.69. The Morgan fingerprint density at radius 1 is 1.08 bits per heavy atom. The lowest BCUT2D eigenvalue weighted by Crippen LogP contribution is -2.66. The Bertz CT molecular complexity index is 1210. The quantitative estimate of drug-likeness (QED) is 0.460. The van der Waals surface area contributed by atoms with Crippen LogP contribution >= 0.6 is 0 Å². The van der Waals surface area contributed by atoms with E-state index in [0.717, 1.165) is 50.7 Å². The molecule has 0 spiro atoms. The van der Waals surface area contributed by atoms with Crippen molar-refractivity contribution in [1.29, 1.82) is 0 Å². The molecule has 1 N–H and O–H groups in total. The van der Waals surface area contributed by atoms with E-state index < -0.39 is 11.4 Å². The monoisotopic (exact) mass is 507 g/mol. The van der Waals surface area contributed by atoms with Crippen LogP contribution in [0.3, 0.4) is 0 Å². The third-order valence-corrected chi connectivity index (χ3v) is 13.3. The summed E-state index contributed by atoms with van der Waals surface area (Å²) in [6.07, 6.45) is 11.8. The molecule has 5 nitrogen and oxygen atoms in total. The fourth-order valence-electron chi connectivity index (χ4n) is 10.9. The van der Waals surface area contributed by atoms with Gasteiger partial charge in [-0.05, 0) is 97.4 Å². The van der Waals surface area contributed by atoms with Crippen molar-refractivity contribution < 1.29 is 19.2 Å². The zero-order chi connectivity index (χ0) is 26.8. The molecule has 0 unspecified atom stereocenters. The molecule has 0 saturated heterocycles. The molecule has 0 radical (unpaired) electrons. The van der Waals surface area contributed by atoms with Crippen LogP contribution in [0.2, 0.25) is 0 Å². The van der Waals surface area contributed by atoms with Crippen LogP contribution in [0.1, 0.15) is 111 Å². The summed E-state index contributed by atoms with van der Waals surface area (Å²) >= 11 is 0. The number of aromatic nitrogens is 1. The fourth-order valence-corrected chi connectivity index (χ4v) is 10.9. The van der Waals surface area contributed by atoms with E-state index in [0.29, 0.717) is 18.8 Å². The summed E-state index contributed by atoms with van der Waals surface area (Å²) in [6, 6.07) is 0. The number of allylic oxidation sites excluding steroid dienone is 2. The van der Waals surface area contributed by atoms with Gasteiger partial charge < -0.3 is 9.63 Å². The summed E-state index contributed by atoms with van der Waals surface area (Å²) < 4.78 is 5.86. The van der Waals surface area contributed by atoms with Crippen molar-refractivity contribution >= 4 is 11.8 Å². The van der Waals surface area contributed by atoms with Crippen molar-refractivity contribution in [3.8, 4) is 0 Å². The Balaban J connectivity index is 1.52. The van der Waals surface area contributed by atoms with E-state index in [9.17, 15) is 14.7 Å². The van der Waals surface area contributed by atoms with Crippen LogP contribution in [0.4, 0.5) is 0 Å². The van der Waals surface area contributed by atoms with Gasteiger partial charge >= 0.3 is 5.97 Å². The number of carboxylic acid groups (broad SMARTS) is 1. The average Bonchev–Trinajstić information content (AvgIpc) is 3.28. The zero-order valence-electron chi connectivity index (χ0n) is 23.9. The maximum Gasteiger partial charge on any atom is 0.309 e. The molecule has 1 aromatic rings. The van der Waals surface area contributed by atoms with Crippen LogP contribution < -0.4 is 0 Å². The Morgan fingerprint density at radius 3 is 2.46 bits per heavy atom. The molecule has 0 bridgehead atoms. The minimum atomic E-state index is -0.763. The average molecular weight is 508 g/mol. The molecule has 0 aliphatic heterocycles. The van der Waals surface area contributed by atoms with E-state index in [1.165, 1.54) is 11.1 Å². The molecule has 6 rings (SSSR count). The maximum absolute atomic E-state index is 14.4. The molecule has 5 aliphatic carbocycles. The third kappa shape index (κ3) is 2.90. The van der Waals surface area contributed by atoms with E-state index >= 15 is 0 Å². The number of aliphatic carboxylic acids is 1. The lowest BCUT2D eigenvalue weighted by atomic mass is 9.34. The smallest absolute Gasteiger partial charge is 0.309 e. The van der Waals surface area contributed by atoms with Gasteiger partial charge in [0.05, 0.1) is 11.6 Å². The fraction of sp³-hybridized carbons (Fsp3) is 0.781. The highest BCUT2D eigenvalue weighted by Gasteiger charge is 2.71. The molecule has 5 aliphatic rings. The van der Waals surface area contributed by atoms with Gasteiger partial charge in [0.1, 0.15) is 5.76 Å². The Labute approximate surface area is 221 Å². The van der Waals surface area contributed by atoms with Gasteiger partial charge in [-0.25, -0.2) is 0 Å². The Kier molecular flexibility index (Phi) is 5.06. The normalized spacial score (nSPS) is 48.0. The van der Waals surface area contributed by atoms with Crippen molar-refractivity contribution in [2.24, 2.45) is 44.8 Å². The van der Waals surface area contributed by atoms with Crippen LogP contribution in [0.5, 0.6) is 0 Å². The second-order valence-corrected chi connectivity index (χ2v) is 15.3. The first-order chi connectivity index (χ1) is 17.2. The van der Waals surface area contributed by atoms with Crippen molar-refractivity contribution in [2.75, 3.05) is 0 Å². The highest BCUT2D eigenvalue weighted by molar-refractivity contribution is 5.96. The molecular formula is C32H45NO4. The largest absolute Gasteiger partial charge is 0.481 e. The second-order valence-electron chi connectivity index (χ2n) is 15.3. The first kappa shape index (κ1) is 25.4. The summed E-state index contributed by atoms with van der Waals surface area (Å²) in [7, 11) is 0. The molecule has 5 heteroatoms. The molecule has 3 fully saturated rings. The van der Waals surface area contributed by atoms with Gasteiger partial charge in [0, 0.05) is 16.9 Å². The van der Waals surface area contributed by atoms with Gasteiger partial charge in [0.2, 0.25) is 0 Å². The maximum atomic E-state index is 14.4. The third-order valence-electron chi connectivity index (χ3n) is 13.3. The number of fused-ring (bicyclic) bond motifs is 8. The predicted octanol–water partition coefficient (Wildman–Crippen LogP) is 7.14. The number of rotatable bonds is 2. The van der Waals surface area contributed by atoms with Crippen LogP contribution in [-0.2, 0) is 21.4 Å².